The minimum Gasteiger partial charge on any atom is -0.205 e. The molecule has 2 aromatic carbocycles. The van der Waals surface area contributed by atoms with Crippen molar-refractivity contribution in [2.24, 2.45) is 0 Å². The fourth-order valence-electron chi connectivity index (χ4n) is 1.88. The quantitative estimate of drug-likeness (QED) is 0.729. The Labute approximate surface area is 101 Å². The molecule has 0 aliphatic carbocycles. The summed E-state index contributed by atoms with van der Waals surface area (Å²) in [7, 11) is -2.50. The van der Waals surface area contributed by atoms with Crippen LogP contribution in [0.25, 0.3) is 0 Å². The van der Waals surface area contributed by atoms with Gasteiger partial charge in [0, 0.05) is 0 Å². The minimum atomic E-state index is -2.50. The largest absolute Gasteiger partial charge is 0.208 e. The Hall–Kier alpha value is -1.27. The number of hydrogen-bond acceptors (Lipinski definition) is 0. The molecule has 2 rings (SSSR count). The summed E-state index contributed by atoms with van der Waals surface area (Å²) in [6.07, 6.45) is -1.25. The first-order chi connectivity index (χ1) is 8.33. The summed E-state index contributed by atoms with van der Waals surface area (Å²) in [5.41, 5.74) is 0. The summed E-state index contributed by atoms with van der Waals surface area (Å²) in [4.78, 5) is 0. The zero-order valence-electron chi connectivity index (χ0n) is 9.39. The summed E-state index contributed by atoms with van der Waals surface area (Å²) in [6.45, 7) is 0. The van der Waals surface area contributed by atoms with Crippen LogP contribution in [0.4, 0.5) is 8.78 Å². The number of alkyl halides is 2. The van der Waals surface area contributed by atoms with Crippen LogP contribution in [0.2, 0.25) is 0 Å². The van der Waals surface area contributed by atoms with Gasteiger partial charge in [-0.05, 0) is 24.3 Å². The standard InChI is InChI=1S/C14H14F2P/c15-11-17(12-16,13-7-3-1-4-8-13)14-9-5-2-6-10-14/h1-10H,11-12H2/q+1. The molecule has 0 radical (unpaired) electrons. The molecule has 0 aliphatic heterocycles. The van der Waals surface area contributed by atoms with Crippen molar-refractivity contribution in [2.75, 3.05) is 12.8 Å². The average molecular weight is 251 g/mol. The van der Waals surface area contributed by atoms with Gasteiger partial charge in [-0.3, -0.25) is 0 Å². The van der Waals surface area contributed by atoms with Gasteiger partial charge < -0.3 is 0 Å². The summed E-state index contributed by atoms with van der Waals surface area (Å²) in [6, 6.07) is 18.3. The maximum absolute atomic E-state index is 13.5. The van der Waals surface area contributed by atoms with E-state index in [1.807, 2.05) is 60.7 Å². The van der Waals surface area contributed by atoms with E-state index in [9.17, 15) is 8.78 Å². The van der Waals surface area contributed by atoms with Crippen LogP contribution in [-0.4, -0.2) is 12.8 Å². The lowest BCUT2D eigenvalue weighted by Crippen LogP contribution is -2.24. The Morgan fingerprint density at radius 2 is 1.00 bits per heavy atom. The molecule has 0 saturated carbocycles. The third kappa shape index (κ3) is 2.23. The van der Waals surface area contributed by atoms with Crippen LogP contribution < -0.4 is 10.6 Å². The van der Waals surface area contributed by atoms with Gasteiger partial charge in [0.25, 0.3) is 0 Å². The zero-order valence-corrected chi connectivity index (χ0v) is 10.3. The van der Waals surface area contributed by atoms with Gasteiger partial charge in [0.15, 0.2) is 0 Å². The van der Waals surface area contributed by atoms with E-state index < -0.39 is 20.1 Å². The first-order valence-corrected chi connectivity index (χ1v) is 7.59. The van der Waals surface area contributed by atoms with Crippen molar-refractivity contribution in [3.63, 3.8) is 0 Å². The summed E-state index contributed by atoms with van der Waals surface area (Å²) >= 11 is 0. The number of halogens is 2. The van der Waals surface area contributed by atoms with Gasteiger partial charge in [0.2, 0.25) is 12.8 Å². The molecule has 0 heterocycles. The van der Waals surface area contributed by atoms with Crippen molar-refractivity contribution in [2.45, 2.75) is 0 Å². The molecule has 0 spiro atoms. The van der Waals surface area contributed by atoms with E-state index in [1.165, 1.54) is 0 Å². The molecule has 0 unspecified atom stereocenters. The Morgan fingerprint density at radius 1 is 0.647 bits per heavy atom. The van der Waals surface area contributed by atoms with Crippen molar-refractivity contribution in [1.82, 2.24) is 0 Å². The van der Waals surface area contributed by atoms with E-state index in [4.69, 9.17) is 0 Å². The highest BCUT2D eigenvalue weighted by atomic mass is 31.2. The summed E-state index contributed by atoms with van der Waals surface area (Å²) in [5, 5.41) is 1.58. The van der Waals surface area contributed by atoms with Gasteiger partial charge in [-0.2, -0.15) is 0 Å². The maximum Gasteiger partial charge on any atom is 0.208 e. The fraction of sp³-hybridized carbons (Fsp3) is 0.143. The topological polar surface area (TPSA) is 0 Å². The Kier molecular flexibility index (Phi) is 3.86. The molecular weight excluding hydrogens is 237 g/mol. The molecule has 0 bridgehead atoms. The summed E-state index contributed by atoms with van der Waals surface area (Å²) in [5.74, 6) is 0. The molecule has 0 aliphatic rings. The second-order valence-corrected chi connectivity index (χ2v) is 7.32. The zero-order chi connectivity index (χ0) is 12.1. The lowest BCUT2D eigenvalue weighted by atomic mass is 10.4. The van der Waals surface area contributed by atoms with Crippen molar-refractivity contribution in [3.8, 4) is 0 Å². The van der Waals surface area contributed by atoms with Crippen LogP contribution in [0.5, 0.6) is 0 Å². The smallest absolute Gasteiger partial charge is 0.205 e. The second-order valence-electron chi connectivity index (χ2n) is 3.88. The van der Waals surface area contributed by atoms with Crippen LogP contribution >= 0.6 is 7.26 Å². The number of rotatable bonds is 4. The van der Waals surface area contributed by atoms with Gasteiger partial charge in [-0.25, -0.2) is 8.78 Å². The highest BCUT2D eigenvalue weighted by molar-refractivity contribution is 7.89. The minimum absolute atomic E-state index is 0.627. The molecule has 0 amide bonds. The number of benzene rings is 2. The van der Waals surface area contributed by atoms with E-state index in [-0.39, 0.29) is 0 Å². The molecule has 2 aromatic rings. The van der Waals surface area contributed by atoms with E-state index in [0.717, 1.165) is 10.6 Å². The van der Waals surface area contributed by atoms with E-state index in [1.54, 1.807) is 0 Å². The van der Waals surface area contributed by atoms with Crippen molar-refractivity contribution in [3.05, 3.63) is 60.7 Å². The SMILES string of the molecule is FC[P+](CF)(c1ccccc1)c1ccccc1. The third-order valence-electron chi connectivity index (χ3n) is 2.91. The third-order valence-corrected chi connectivity index (χ3v) is 6.30. The predicted molar refractivity (Wildman–Crippen MR) is 71.0 cm³/mol. The van der Waals surface area contributed by atoms with E-state index in [2.05, 4.69) is 0 Å². The normalized spacial score (nSPS) is 11.4. The van der Waals surface area contributed by atoms with Crippen LogP contribution in [0.3, 0.4) is 0 Å². The van der Waals surface area contributed by atoms with Crippen molar-refractivity contribution < 1.29 is 8.78 Å². The van der Waals surface area contributed by atoms with Crippen LogP contribution in [0, 0.1) is 0 Å². The molecule has 0 aromatic heterocycles. The molecule has 88 valence electrons. The Morgan fingerprint density at radius 3 is 1.29 bits per heavy atom. The molecule has 0 saturated heterocycles. The number of hydrogen-bond donors (Lipinski definition) is 0. The van der Waals surface area contributed by atoms with Gasteiger partial charge in [-0.1, -0.05) is 36.4 Å². The molecule has 0 fully saturated rings. The first-order valence-electron chi connectivity index (χ1n) is 5.44. The molecule has 0 atom stereocenters. The highest BCUT2D eigenvalue weighted by Crippen LogP contribution is 2.56. The monoisotopic (exact) mass is 251 g/mol. The highest BCUT2D eigenvalue weighted by Gasteiger charge is 2.43. The maximum atomic E-state index is 13.5. The Bertz CT molecular complexity index is 411. The van der Waals surface area contributed by atoms with Crippen LogP contribution in [0.1, 0.15) is 0 Å². The first kappa shape index (κ1) is 12.2. The predicted octanol–water partition coefficient (Wildman–Crippen LogP) is 3.51. The van der Waals surface area contributed by atoms with Gasteiger partial charge in [0.1, 0.15) is 17.9 Å². The van der Waals surface area contributed by atoms with Crippen molar-refractivity contribution in [1.29, 1.82) is 0 Å². The lowest BCUT2D eigenvalue weighted by molar-refractivity contribution is 0.564. The van der Waals surface area contributed by atoms with Crippen LogP contribution in [0.15, 0.2) is 60.7 Å². The van der Waals surface area contributed by atoms with Gasteiger partial charge >= 0.3 is 0 Å². The molecule has 3 heteroatoms. The molecule has 17 heavy (non-hydrogen) atoms. The second kappa shape index (κ2) is 5.37. The van der Waals surface area contributed by atoms with E-state index >= 15 is 0 Å². The Balaban J connectivity index is 2.54. The van der Waals surface area contributed by atoms with E-state index in [0.29, 0.717) is 0 Å². The average Bonchev–Trinajstić information content (AvgIpc) is 2.43. The van der Waals surface area contributed by atoms with Gasteiger partial charge in [0.05, 0.1) is 0 Å². The van der Waals surface area contributed by atoms with Crippen LogP contribution in [-0.2, 0) is 0 Å². The fourth-order valence-corrected chi connectivity index (χ4v) is 4.28. The van der Waals surface area contributed by atoms with Gasteiger partial charge in [-0.15, -0.1) is 0 Å². The van der Waals surface area contributed by atoms with Crippen molar-refractivity contribution >= 4 is 17.9 Å². The lowest BCUT2D eigenvalue weighted by Gasteiger charge is -2.20. The summed E-state index contributed by atoms with van der Waals surface area (Å²) < 4.78 is 27.0. The molecule has 0 N–H and O–H groups in total. The molecular formula is C14H14F2P+. The molecule has 0 nitrogen and oxygen atoms in total.